The van der Waals surface area contributed by atoms with Crippen molar-refractivity contribution in [3.63, 3.8) is 0 Å². The minimum Gasteiger partial charge on any atom is -0.452 e. The molecule has 3 rings (SSSR count). The van der Waals surface area contributed by atoms with Gasteiger partial charge in [0, 0.05) is 13.1 Å². The first-order valence-electron chi connectivity index (χ1n) is 10.9. The molecule has 1 N–H and O–H groups in total. The molecule has 1 aliphatic heterocycles. The number of sulfonamides is 1. The van der Waals surface area contributed by atoms with Crippen LogP contribution in [0.1, 0.15) is 36.5 Å². The molecule has 7 nitrogen and oxygen atoms in total. The summed E-state index contributed by atoms with van der Waals surface area (Å²) in [5.74, 6) is -4.01. The summed E-state index contributed by atoms with van der Waals surface area (Å²) in [5.41, 5.74) is 1.71. The van der Waals surface area contributed by atoms with Gasteiger partial charge in [0.1, 0.15) is 17.3 Å². The van der Waals surface area contributed by atoms with Crippen molar-refractivity contribution in [2.24, 2.45) is 5.92 Å². The first-order chi connectivity index (χ1) is 15.9. The Morgan fingerprint density at radius 3 is 2.12 bits per heavy atom. The summed E-state index contributed by atoms with van der Waals surface area (Å²) in [6, 6.07) is 6.80. The molecule has 2 aromatic rings. The average molecular weight is 495 g/mol. The largest absolute Gasteiger partial charge is 0.452 e. The number of anilines is 1. The minimum absolute atomic E-state index is 0.135. The molecule has 0 saturated carbocycles. The van der Waals surface area contributed by atoms with Gasteiger partial charge < -0.3 is 10.1 Å². The van der Waals surface area contributed by atoms with Crippen LogP contribution in [0.2, 0.25) is 0 Å². The molecule has 1 amide bonds. The van der Waals surface area contributed by atoms with Crippen LogP contribution in [0, 0.1) is 38.3 Å². The van der Waals surface area contributed by atoms with Gasteiger partial charge in [0.05, 0.1) is 10.8 Å². The highest BCUT2D eigenvalue weighted by Crippen LogP contribution is 2.29. The van der Waals surface area contributed by atoms with Gasteiger partial charge >= 0.3 is 5.97 Å². The van der Waals surface area contributed by atoms with E-state index in [1.165, 1.54) is 11.2 Å². The smallest absolute Gasteiger partial charge is 0.309 e. The summed E-state index contributed by atoms with van der Waals surface area (Å²) < 4.78 is 60.4. The summed E-state index contributed by atoms with van der Waals surface area (Å²) in [6.07, 6.45) is -0.817. The maximum atomic E-state index is 13.7. The Balaban J connectivity index is 1.60. The normalized spacial score (nSPS) is 16.2. The number of piperidine rings is 1. The Kier molecular flexibility index (Phi) is 7.72. The van der Waals surface area contributed by atoms with Crippen molar-refractivity contribution < 1.29 is 31.5 Å². The van der Waals surface area contributed by atoms with E-state index in [0.717, 1.165) is 23.8 Å². The summed E-state index contributed by atoms with van der Waals surface area (Å²) >= 11 is 0. The van der Waals surface area contributed by atoms with Crippen LogP contribution in [-0.4, -0.2) is 43.8 Å². The van der Waals surface area contributed by atoms with Crippen molar-refractivity contribution in [1.29, 1.82) is 0 Å². The second-order valence-electron chi connectivity index (χ2n) is 8.57. The molecule has 10 heteroatoms. The molecule has 0 aromatic heterocycles. The summed E-state index contributed by atoms with van der Waals surface area (Å²) in [4.78, 5) is 25.1. The lowest BCUT2D eigenvalue weighted by Crippen LogP contribution is -2.42. The van der Waals surface area contributed by atoms with Crippen molar-refractivity contribution in [3.05, 3.63) is 58.7 Å². The monoisotopic (exact) mass is 494 g/mol. The molecule has 184 valence electrons. The molecule has 2 aromatic carbocycles. The van der Waals surface area contributed by atoms with Crippen molar-refractivity contribution in [2.45, 2.75) is 51.5 Å². The Bertz CT molecular complexity index is 1160. The fourth-order valence-corrected chi connectivity index (χ4v) is 6.08. The predicted molar refractivity (Wildman–Crippen MR) is 123 cm³/mol. The van der Waals surface area contributed by atoms with Crippen LogP contribution >= 0.6 is 0 Å². The highest BCUT2D eigenvalue weighted by atomic mass is 32.2. The van der Waals surface area contributed by atoms with Gasteiger partial charge in [0.2, 0.25) is 10.0 Å². The van der Waals surface area contributed by atoms with Gasteiger partial charge in [-0.05, 0) is 63.8 Å². The molecule has 1 unspecified atom stereocenters. The maximum Gasteiger partial charge on any atom is 0.309 e. The maximum absolute atomic E-state index is 13.7. The van der Waals surface area contributed by atoms with Gasteiger partial charge in [-0.2, -0.15) is 4.31 Å². The fraction of sp³-hybridized carbons (Fsp3) is 0.417. The van der Waals surface area contributed by atoms with Crippen molar-refractivity contribution >= 4 is 27.6 Å². The fourth-order valence-electron chi connectivity index (χ4n) is 4.20. The number of rotatable bonds is 6. The third-order valence-corrected chi connectivity index (χ3v) is 8.07. The molecule has 1 heterocycles. The standard InChI is InChI=1S/C24H28F2N2O5S/c1-14-12-15(2)22(16(3)13-14)34(31,32)28-10-8-18(9-11-28)24(30)33-17(4)23(29)27-21-19(25)6-5-7-20(21)26/h5-7,12-13,17-18H,8-11H2,1-4H3,(H,27,29). The molecule has 1 atom stereocenters. The molecule has 1 fully saturated rings. The number of carbonyl (C=O) groups is 2. The molecule has 34 heavy (non-hydrogen) atoms. The van der Waals surface area contributed by atoms with E-state index < -0.39 is 51.2 Å². The lowest BCUT2D eigenvalue weighted by molar-refractivity contribution is -0.158. The highest BCUT2D eigenvalue weighted by Gasteiger charge is 2.35. The van der Waals surface area contributed by atoms with Crippen LogP contribution in [0.3, 0.4) is 0 Å². The Morgan fingerprint density at radius 2 is 1.59 bits per heavy atom. The summed E-state index contributed by atoms with van der Waals surface area (Å²) in [6.45, 7) is 7.00. The van der Waals surface area contributed by atoms with E-state index in [-0.39, 0.29) is 30.8 Å². The molecule has 0 bridgehead atoms. The van der Waals surface area contributed by atoms with Gasteiger partial charge in [0.15, 0.2) is 6.10 Å². The van der Waals surface area contributed by atoms with E-state index in [1.807, 2.05) is 19.1 Å². The number of aryl methyl sites for hydroxylation is 3. The number of nitrogens with zero attached hydrogens (tertiary/aromatic N) is 1. The first kappa shape index (κ1) is 25.8. The van der Waals surface area contributed by atoms with E-state index in [0.29, 0.717) is 11.1 Å². The number of hydrogen-bond donors (Lipinski definition) is 1. The van der Waals surface area contributed by atoms with Gasteiger partial charge in [-0.3, -0.25) is 9.59 Å². The number of halogens is 2. The molecule has 0 spiro atoms. The number of carbonyl (C=O) groups excluding carboxylic acids is 2. The quantitative estimate of drug-likeness (QED) is 0.616. The topological polar surface area (TPSA) is 92.8 Å². The number of esters is 1. The number of amides is 1. The van der Waals surface area contributed by atoms with Crippen LogP contribution in [0.4, 0.5) is 14.5 Å². The Labute approximate surface area is 198 Å². The SMILES string of the molecule is Cc1cc(C)c(S(=O)(=O)N2CCC(C(=O)OC(C)C(=O)Nc3c(F)cccc3F)CC2)c(C)c1. The highest BCUT2D eigenvalue weighted by molar-refractivity contribution is 7.89. The molecule has 0 radical (unpaired) electrons. The minimum atomic E-state index is -3.72. The third-order valence-electron chi connectivity index (χ3n) is 5.86. The second-order valence-corrected chi connectivity index (χ2v) is 10.4. The van der Waals surface area contributed by atoms with E-state index in [4.69, 9.17) is 4.74 Å². The van der Waals surface area contributed by atoms with Crippen LogP contribution < -0.4 is 5.32 Å². The number of para-hydroxylation sites is 1. The lowest BCUT2D eigenvalue weighted by atomic mass is 9.98. The van der Waals surface area contributed by atoms with E-state index >= 15 is 0 Å². The number of benzene rings is 2. The van der Waals surface area contributed by atoms with Crippen molar-refractivity contribution in [2.75, 3.05) is 18.4 Å². The predicted octanol–water partition coefficient (Wildman–Crippen LogP) is 3.86. The molecule has 1 aliphatic rings. The summed E-state index contributed by atoms with van der Waals surface area (Å²) in [7, 11) is -3.72. The average Bonchev–Trinajstić information content (AvgIpc) is 2.75. The lowest BCUT2D eigenvalue weighted by Gasteiger charge is -2.31. The first-order valence-corrected chi connectivity index (χ1v) is 12.4. The van der Waals surface area contributed by atoms with E-state index in [9.17, 15) is 26.8 Å². The Hall–Kier alpha value is -2.85. The van der Waals surface area contributed by atoms with Crippen molar-refractivity contribution in [1.82, 2.24) is 4.31 Å². The zero-order valence-electron chi connectivity index (χ0n) is 19.5. The Morgan fingerprint density at radius 1 is 1.06 bits per heavy atom. The third kappa shape index (κ3) is 5.44. The molecular formula is C24H28F2N2O5S. The number of nitrogens with one attached hydrogen (secondary N) is 1. The van der Waals surface area contributed by atoms with E-state index in [2.05, 4.69) is 5.32 Å². The van der Waals surface area contributed by atoms with Crippen LogP contribution in [0.25, 0.3) is 0 Å². The van der Waals surface area contributed by atoms with Crippen LogP contribution in [0.5, 0.6) is 0 Å². The second kappa shape index (κ2) is 10.2. The van der Waals surface area contributed by atoms with Crippen molar-refractivity contribution in [3.8, 4) is 0 Å². The summed E-state index contributed by atoms with van der Waals surface area (Å²) in [5, 5.41) is 2.09. The van der Waals surface area contributed by atoms with E-state index in [1.54, 1.807) is 13.8 Å². The molecular weight excluding hydrogens is 466 g/mol. The van der Waals surface area contributed by atoms with Gasteiger partial charge in [0.25, 0.3) is 5.91 Å². The van der Waals surface area contributed by atoms with Crippen LogP contribution in [0.15, 0.2) is 35.2 Å². The van der Waals surface area contributed by atoms with Crippen LogP contribution in [-0.2, 0) is 24.3 Å². The zero-order chi connectivity index (χ0) is 25.2. The molecule has 1 saturated heterocycles. The number of ether oxygens (including phenoxy) is 1. The van der Waals surface area contributed by atoms with Gasteiger partial charge in [-0.1, -0.05) is 23.8 Å². The molecule has 0 aliphatic carbocycles. The number of hydrogen-bond acceptors (Lipinski definition) is 5. The van der Waals surface area contributed by atoms with Gasteiger partial charge in [-0.15, -0.1) is 0 Å². The van der Waals surface area contributed by atoms with Gasteiger partial charge in [-0.25, -0.2) is 17.2 Å². The zero-order valence-corrected chi connectivity index (χ0v) is 20.3.